The lowest BCUT2D eigenvalue weighted by atomic mass is 10.0. The standard InChI is InChI=1S/C22H35N3O5S/c1-16(2)19(25-10-12-30-13-11-25)15-23-22(26)17-8-9-20(29-3)21(14-17)31(27,28)24-18-6-4-5-7-18/h8-9,14,16,18-19,24H,4-7,10-13,15H2,1-3H3,(H,23,26). The number of nitrogens with zero attached hydrogens (tertiary/aromatic N) is 1. The van der Waals surface area contributed by atoms with Gasteiger partial charge >= 0.3 is 0 Å². The van der Waals surface area contributed by atoms with Crippen LogP contribution in [-0.4, -0.2) is 71.3 Å². The van der Waals surface area contributed by atoms with Gasteiger partial charge in [0.15, 0.2) is 0 Å². The molecule has 31 heavy (non-hydrogen) atoms. The van der Waals surface area contributed by atoms with Gasteiger partial charge in [-0.3, -0.25) is 9.69 Å². The quantitative estimate of drug-likeness (QED) is 0.594. The van der Waals surface area contributed by atoms with E-state index in [2.05, 4.69) is 28.8 Å². The Labute approximate surface area is 185 Å². The Bertz CT molecular complexity index is 847. The highest BCUT2D eigenvalue weighted by molar-refractivity contribution is 7.89. The Morgan fingerprint density at radius 1 is 1.23 bits per heavy atom. The molecule has 0 spiro atoms. The molecule has 1 aliphatic heterocycles. The molecule has 1 saturated carbocycles. The van der Waals surface area contributed by atoms with Crippen molar-refractivity contribution in [3.8, 4) is 5.75 Å². The van der Waals surface area contributed by atoms with Crippen LogP contribution >= 0.6 is 0 Å². The van der Waals surface area contributed by atoms with E-state index >= 15 is 0 Å². The lowest BCUT2D eigenvalue weighted by molar-refractivity contribution is 0.00672. The molecule has 2 fully saturated rings. The topological polar surface area (TPSA) is 97.0 Å². The maximum Gasteiger partial charge on any atom is 0.251 e. The Morgan fingerprint density at radius 2 is 1.90 bits per heavy atom. The number of hydrogen-bond acceptors (Lipinski definition) is 6. The maximum absolute atomic E-state index is 13.0. The third-order valence-corrected chi connectivity index (χ3v) is 7.69. The highest BCUT2D eigenvalue weighted by atomic mass is 32.2. The number of morpholine rings is 1. The zero-order valence-electron chi connectivity index (χ0n) is 18.7. The molecule has 2 aliphatic rings. The molecule has 3 rings (SSSR count). The van der Waals surface area contributed by atoms with E-state index in [4.69, 9.17) is 9.47 Å². The molecule has 1 heterocycles. The van der Waals surface area contributed by atoms with Crippen LogP contribution < -0.4 is 14.8 Å². The van der Waals surface area contributed by atoms with Gasteiger partial charge in [-0.2, -0.15) is 0 Å². The lowest BCUT2D eigenvalue weighted by Crippen LogP contribution is -2.51. The summed E-state index contributed by atoms with van der Waals surface area (Å²) in [5.74, 6) is 0.301. The van der Waals surface area contributed by atoms with E-state index in [1.165, 1.54) is 13.2 Å². The Hall–Kier alpha value is -1.68. The monoisotopic (exact) mass is 453 g/mol. The van der Waals surface area contributed by atoms with Crippen molar-refractivity contribution in [2.75, 3.05) is 40.0 Å². The van der Waals surface area contributed by atoms with Crippen molar-refractivity contribution in [3.63, 3.8) is 0 Å². The molecule has 8 nitrogen and oxygen atoms in total. The predicted molar refractivity (Wildman–Crippen MR) is 119 cm³/mol. The van der Waals surface area contributed by atoms with E-state index in [1.807, 2.05) is 0 Å². The summed E-state index contributed by atoms with van der Waals surface area (Å²) in [7, 11) is -2.35. The van der Waals surface area contributed by atoms with E-state index in [9.17, 15) is 13.2 Å². The van der Waals surface area contributed by atoms with Crippen LogP contribution in [-0.2, 0) is 14.8 Å². The second-order valence-corrected chi connectivity index (χ2v) is 10.3. The minimum Gasteiger partial charge on any atom is -0.495 e. The lowest BCUT2D eigenvalue weighted by Gasteiger charge is -2.36. The van der Waals surface area contributed by atoms with Gasteiger partial charge in [0.1, 0.15) is 10.6 Å². The zero-order valence-corrected chi connectivity index (χ0v) is 19.5. The number of nitrogens with one attached hydrogen (secondary N) is 2. The summed E-state index contributed by atoms with van der Waals surface area (Å²) in [6.45, 7) is 7.85. The highest BCUT2D eigenvalue weighted by Gasteiger charge is 2.28. The molecule has 9 heteroatoms. The van der Waals surface area contributed by atoms with Crippen molar-refractivity contribution in [2.24, 2.45) is 5.92 Å². The van der Waals surface area contributed by atoms with Gasteiger partial charge in [0.25, 0.3) is 5.91 Å². The Morgan fingerprint density at radius 3 is 2.52 bits per heavy atom. The third kappa shape index (κ3) is 6.19. The first kappa shape index (κ1) is 24.0. The van der Waals surface area contributed by atoms with Gasteiger partial charge in [-0.15, -0.1) is 0 Å². The van der Waals surface area contributed by atoms with Gasteiger partial charge in [0.05, 0.1) is 20.3 Å². The average Bonchev–Trinajstić information content (AvgIpc) is 3.26. The smallest absolute Gasteiger partial charge is 0.251 e. The van der Waals surface area contributed by atoms with Crippen molar-refractivity contribution in [1.29, 1.82) is 0 Å². The number of amides is 1. The van der Waals surface area contributed by atoms with E-state index in [0.717, 1.165) is 38.8 Å². The predicted octanol–water partition coefficient (Wildman–Crippen LogP) is 2.00. The molecule has 1 atom stereocenters. The van der Waals surface area contributed by atoms with E-state index < -0.39 is 10.0 Å². The van der Waals surface area contributed by atoms with Crippen molar-refractivity contribution >= 4 is 15.9 Å². The van der Waals surface area contributed by atoms with Crippen molar-refractivity contribution in [2.45, 2.75) is 56.5 Å². The molecule has 1 aromatic carbocycles. The van der Waals surface area contributed by atoms with Crippen LogP contribution in [0.15, 0.2) is 23.1 Å². The van der Waals surface area contributed by atoms with Crippen LogP contribution in [0.3, 0.4) is 0 Å². The normalized spacial score (nSPS) is 19.5. The SMILES string of the molecule is COc1ccc(C(=O)NCC(C(C)C)N2CCOCC2)cc1S(=O)(=O)NC1CCCC1. The molecular weight excluding hydrogens is 418 g/mol. The Kier molecular flexibility index (Phi) is 8.32. The minimum atomic E-state index is -3.78. The molecule has 1 saturated heterocycles. The van der Waals surface area contributed by atoms with Gasteiger partial charge in [-0.1, -0.05) is 26.7 Å². The number of benzene rings is 1. The summed E-state index contributed by atoms with van der Waals surface area (Å²) in [6, 6.07) is 4.68. The van der Waals surface area contributed by atoms with Gasteiger partial charge in [-0.25, -0.2) is 13.1 Å². The summed E-state index contributed by atoms with van der Waals surface area (Å²) in [5, 5.41) is 2.99. The van der Waals surface area contributed by atoms with Gasteiger partial charge in [0.2, 0.25) is 10.0 Å². The number of sulfonamides is 1. The first-order valence-corrected chi connectivity index (χ1v) is 12.6. The molecule has 2 N–H and O–H groups in total. The second kappa shape index (κ2) is 10.8. The fraction of sp³-hybridized carbons (Fsp3) is 0.682. The van der Waals surface area contributed by atoms with Gasteiger partial charge < -0.3 is 14.8 Å². The molecule has 1 aliphatic carbocycles. The molecule has 0 radical (unpaired) electrons. The molecule has 1 aromatic rings. The Balaban J connectivity index is 1.72. The van der Waals surface area contributed by atoms with Crippen LogP contribution in [0.1, 0.15) is 49.9 Å². The third-order valence-electron chi connectivity index (χ3n) is 6.15. The molecule has 0 aromatic heterocycles. The summed E-state index contributed by atoms with van der Waals surface area (Å²) >= 11 is 0. The average molecular weight is 454 g/mol. The van der Waals surface area contributed by atoms with Crippen LogP contribution in [0.2, 0.25) is 0 Å². The first-order valence-electron chi connectivity index (χ1n) is 11.1. The van der Waals surface area contributed by atoms with Crippen LogP contribution in [0, 0.1) is 5.92 Å². The summed E-state index contributed by atoms with van der Waals surface area (Å²) in [4.78, 5) is 15.2. The summed E-state index contributed by atoms with van der Waals surface area (Å²) in [6.07, 6.45) is 3.71. The van der Waals surface area contributed by atoms with Crippen molar-refractivity contribution in [1.82, 2.24) is 14.9 Å². The van der Waals surface area contributed by atoms with Crippen molar-refractivity contribution in [3.05, 3.63) is 23.8 Å². The largest absolute Gasteiger partial charge is 0.495 e. The number of rotatable bonds is 9. The fourth-order valence-corrected chi connectivity index (χ4v) is 5.85. The van der Waals surface area contributed by atoms with Crippen LogP contribution in [0.4, 0.5) is 0 Å². The number of methoxy groups -OCH3 is 1. The number of ether oxygens (including phenoxy) is 2. The van der Waals surface area contributed by atoms with Gasteiger partial charge in [-0.05, 0) is 37.0 Å². The highest BCUT2D eigenvalue weighted by Crippen LogP contribution is 2.27. The molecule has 1 unspecified atom stereocenters. The summed E-state index contributed by atoms with van der Waals surface area (Å²) < 4.78 is 39.4. The zero-order chi connectivity index (χ0) is 22.4. The number of carbonyl (C=O) groups is 1. The number of carbonyl (C=O) groups excluding carboxylic acids is 1. The van der Waals surface area contributed by atoms with E-state index in [0.29, 0.717) is 31.2 Å². The molecule has 0 bridgehead atoms. The minimum absolute atomic E-state index is 0.00291. The van der Waals surface area contributed by atoms with Crippen LogP contribution in [0.25, 0.3) is 0 Å². The molecular formula is C22H35N3O5S. The van der Waals surface area contributed by atoms with E-state index in [1.54, 1.807) is 12.1 Å². The number of hydrogen-bond donors (Lipinski definition) is 2. The van der Waals surface area contributed by atoms with E-state index in [-0.39, 0.29) is 28.6 Å². The van der Waals surface area contributed by atoms with Gasteiger partial charge in [0, 0.05) is 37.3 Å². The summed E-state index contributed by atoms with van der Waals surface area (Å²) in [5.41, 5.74) is 0.303. The molecule has 1 amide bonds. The molecule has 174 valence electrons. The second-order valence-electron chi connectivity index (χ2n) is 8.64. The fourth-order valence-electron chi connectivity index (χ4n) is 4.35. The maximum atomic E-state index is 13.0. The van der Waals surface area contributed by atoms with Crippen molar-refractivity contribution < 1.29 is 22.7 Å². The first-order chi connectivity index (χ1) is 14.8. The van der Waals surface area contributed by atoms with Crippen LogP contribution in [0.5, 0.6) is 5.75 Å².